The van der Waals surface area contributed by atoms with Gasteiger partial charge in [0.15, 0.2) is 0 Å². The van der Waals surface area contributed by atoms with Gasteiger partial charge in [-0.25, -0.2) is 0 Å². The van der Waals surface area contributed by atoms with Crippen LogP contribution in [0.4, 0.5) is 17.1 Å². The Bertz CT molecular complexity index is 2760. The minimum Gasteiger partial charge on any atom is -0.310 e. The third kappa shape index (κ3) is 3.87. The zero-order valence-electron chi connectivity index (χ0n) is 35.1. The first-order chi connectivity index (χ1) is 28.0. The smallest absolute Gasteiger partial charge is 0.0502 e. The number of hydrogen-bond donors (Lipinski definition) is 0. The Morgan fingerprint density at radius 1 is 0.483 bits per heavy atom. The first kappa shape index (κ1) is 34.0. The molecule has 6 atom stereocenters. The summed E-state index contributed by atoms with van der Waals surface area (Å²) in [5.41, 5.74) is 22.4. The Kier molecular flexibility index (Phi) is 6.36. The van der Waals surface area contributed by atoms with Crippen molar-refractivity contribution in [1.29, 1.82) is 0 Å². The van der Waals surface area contributed by atoms with E-state index in [1.54, 1.807) is 11.1 Å². The van der Waals surface area contributed by atoms with Gasteiger partial charge in [0.25, 0.3) is 0 Å². The van der Waals surface area contributed by atoms with E-state index in [0.717, 1.165) is 23.7 Å². The zero-order valence-corrected chi connectivity index (χ0v) is 35.1. The van der Waals surface area contributed by atoms with E-state index in [1.165, 1.54) is 111 Å². The van der Waals surface area contributed by atoms with Crippen molar-refractivity contribution in [3.63, 3.8) is 0 Å². The van der Waals surface area contributed by atoms with Crippen molar-refractivity contribution in [3.05, 3.63) is 161 Å². The lowest BCUT2D eigenvalue weighted by Crippen LogP contribution is -2.73. The molecule has 1 heteroatoms. The molecule has 58 heavy (non-hydrogen) atoms. The van der Waals surface area contributed by atoms with Crippen molar-refractivity contribution in [3.8, 4) is 33.4 Å². The van der Waals surface area contributed by atoms with E-state index in [4.69, 9.17) is 0 Å². The fourth-order valence-electron chi connectivity index (χ4n) is 15.6. The molecule has 0 amide bonds. The minimum atomic E-state index is -0.0798. The Labute approximate surface area is 345 Å². The van der Waals surface area contributed by atoms with E-state index in [0.29, 0.717) is 5.41 Å². The predicted octanol–water partition coefficient (Wildman–Crippen LogP) is 14.8. The molecule has 4 saturated carbocycles. The Hall–Kier alpha value is -4.88. The quantitative estimate of drug-likeness (QED) is 0.173. The monoisotopic (exact) mass is 753 g/mol. The van der Waals surface area contributed by atoms with E-state index in [9.17, 15) is 0 Å². The summed E-state index contributed by atoms with van der Waals surface area (Å²) in [6.45, 7) is 14.8. The summed E-state index contributed by atoms with van der Waals surface area (Å²) in [5, 5.41) is 0. The van der Waals surface area contributed by atoms with Gasteiger partial charge >= 0.3 is 0 Å². The van der Waals surface area contributed by atoms with Crippen molar-refractivity contribution >= 4 is 17.1 Å². The SMILES string of the molecule is CC1(C)CCC(C)(C)c2c(N(c3ccc4c(c3)-c3cccc(-c5ccccc5)c3C43C4CC5CC6CC3C64C5)c3ccc4c(c3)C(C)(C)c3ccccc3-4)cccc21. The van der Waals surface area contributed by atoms with Gasteiger partial charge in [0, 0.05) is 22.2 Å². The highest BCUT2D eigenvalue weighted by atomic mass is 15.1. The normalized spacial score (nSPS) is 29.7. The molecule has 0 saturated heterocycles. The maximum atomic E-state index is 2.67. The lowest BCUT2D eigenvalue weighted by atomic mass is 9.26. The molecule has 6 unspecified atom stereocenters. The molecule has 1 nitrogen and oxygen atoms in total. The molecule has 0 radical (unpaired) electrons. The molecule has 6 aromatic rings. The average molecular weight is 754 g/mol. The molecule has 0 N–H and O–H groups in total. The van der Waals surface area contributed by atoms with Crippen LogP contribution in [0.25, 0.3) is 33.4 Å². The third-order valence-corrected chi connectivity index (χ3v) is 18.0. The molecule has 0 aromatic heterocycles. The van der Waals surface area contributed by atoms with Crippen LogP contribution in [-0.2, 0) is 21.7 Å². The number of nitrogens with zero attached hydrogens (tertiary/aromatic N) is 1. The van der Waals surface area contributed by atoms with Gasteiger partial charge < -0.3 is 4.90 Å². The maximum absolute atomic E-state index is 2.67. The molecule has 7 aliphatic carbocycles. The van der Waals surface area contributed by atoms with Crippen molar-refractivity contribution in [2.24, 2.45) is 29.1 Å². The fourth-order valence-corrected chi connectivity index (χ4v) is 15.6. The second-order valence-electron chi connectivity index (χ2n) is 21.6. The van der Waals surface area contributed by atoms with Gasteiger partial charge in [-0.1, -0.05) is 139 Å². The molecule has 0 heterocycles. The zero-order chi connectivity index (χ0) is 39.1. The van der Waals surface area contributed by atoms with Gasteiger partial charge in [-0.15, -0.1) is 0 Å². The summed E-state index contributed by atoms with van der Waals surface area (Å²) in [6, 6.07) is 50.1. The standard InChI is InChI=1S/C57H55N/c1-53(2)26-27-54(3,4)52-46(53)20-13-21-48(52)58(38-22-24-41-40-16-10-11-19-44(40)55(5,6)47(41)32-38)37-23-25-45-43(31-37)42-18-12-17-39(35-14-8-7-9-15-35)51(42)57(45)49-29-34-28-36-30-50(57)56(36,49)33-34/h7-25,31-32,34,36,49-50H,26-30,33H2,1-6H3. The van der Waals surface area contributed by atoms with Crippen LogP contribution in [0.2, 0.25) is 0 Å². The summed E-state index contributed by atoms with van der Waals surface area (Å²) >= 11 is 0. The van der Waals surface area contributed by atoms with Gasteiger partial charge in [-0.3, -0.25) is 0 Å². The fraction of sp³-hybridized carbons (Fsp3) is 0.368. The first-order valence-electron chi connectivity index (χ1n) is 22.5. The average Bonchev–Trinajstić information content (AvgIpc) is 3.92. The number of anilines is 3. The molecule has 13 rings (SSSR count). The second-order valence-corrected chi connectivity index (χ2v) is 21.6. The first-order valence-corrected chi connectivity index (χ1v) is 22.5. The van der Waals surface area contributed by atoms with Crippen LogP contribution >= 0.6 is 0 Å². The number of benzene rings is 6. The van der Waals surface area contributed by atoms with E-state index < -0.39 is 0 Å². The van der Waals surface area contributed by atoms with Crippen molar-refractivity contribution in [2.45, 2.75) is 102 Å². The van der Waals surface area contributed by atoms with Crippen LogP contribution in [0, 0.1) is 29.1 Å². The van der Waals surface area contributed by atoms with Gasteiger partial charge in [0.05, 0.1) is 5.69 Å². The van der Waals surface area contributed by atoms with Gasteiger partial charge in [0.2, 0.25) is 0 Å². The van der Waals surface area contributed by atoms with Crippen LogP contribution in [0.15, 0.2) is 127 Å². The Morgan fingerprint density at radius 2 is 1.16 bits per heavy atom. The van der Waals surface area contributed by atoms with Gasteiger partial charge in [0.1, 0.15) is 0 Å². The molecule has 4 fully saturated rings. The second kappa shape index (κ2) is 10.8. The summed E-state index contributed by atoms with van der Waals surface area (Å²) in [6.07, 6.45) is 8.19. The van der Waals surface area contributed by atoms with Crippen LogP contribution in [0.3, 0.4) is 0 Å². The molecule has 288 valence electrons. The van der Waals surface area contributed by atoms with Gasteiger partial charge in [-0.2, -0.15) is 0 Å². The lowest BCUT2D eigenvalue weighted by Gasteiger charge is -2.76. The number of hydrogen-bond acceptors (Lipinski definition) is 1. The molecule has 6 aromatic carbocycles. The highest BCUT2D eigenvalue weighted by molar-refractivity contribution is 5.94. The summed E-state index contributed by atoms with van der Waals surface area (Å²) < 4.78 is 0. The molecule has 2 bridgehead atoms. The van der Waals surface area contributed by atoms with E-state index in [-0.39, 0.29) is 21.7 Å². The van der Waals surface area contributed by atoms with Crippen LogP contribution in [0.1, 0.15) is 113 Å². The molecule has 7 aliphatic rings. The van der Waals surface area contributed by atoms with Crippen molar-refractivity contribution in [1.82, 2.24) is 0 Å². The molecule has 0 aliphatic heterocycles. The van der Waals surface area contributed by atoms with E-state index in [2.05, 4.69) is 174 Å². The van der Waals surface area contributed by atoms with Crippen LogP contribution in [-0.4, -0.2) is 0 Å². The predicted molar refractivity (Wildman–Crippen MR) is 240 cm³/mol. The molecular weight excluding hydrogens is 699 g/mol. The highest BCUT2D eigenvalue weighted by Crippen LogP contribution is 2.90. The number of fused-ring (bicyclic) bond motifs is 12. The Balaban J connectivity index is 1.06. The maximum Gasteiger partial charge on any atom is 0.0502 e. The van der Waals surface area contributed by atoms with Crippen LogP contribution in [0.5, 0.6) is 0 Å². The summed E-state index contributed by atoms with van der Waals surface area (Å²) in [4.78, 5) is 2.67. The topological polar surface area (TPSA) is 3.24 Å². The largest absolute Gasteiger partial charge is 0.310 e. The van der Waals surface area contributed by atoms with E-state index in [1.807, 2.05) is 0 Å². The summed E-state index contributed by atoms with van der Waals surface area (Å²) in [7, 11) is 0. The van der Waals surface area contributed by atoms with Gasteiger partial charge in [-0.05, 0) is 176 Å². The Morgan fingerprint density at radius 3 is 2.00 bits per heavy atom. The minimum absolute atomic E-state index is 0.0483. The van der Waals surface area contributed by atoms with Crippen molar-refractivity contribution in [2.75, 3.05) is 4.90 Å². The lowest BCUT2D eigenvalue weighted by molar-refractivity contribution is -0.231. The van der Waals surface area contributed by atoms with Crippen molar-refractivity contribution < 1.29 is 0 Å². The van der Waals surface area contributed by atoms with Crippen LogP contribution < -0.4 is 4.90 Å². The third-order valence-electron chi connectivity index (χ3n) is 18.0. The molecular formula is C57H55N. The van der Waals surface area contributed by atoms with E-state index >= 15 is 0 Å². The summed E-state index contributed by atoms with van der Waals surface area (Å²) in [5.74, 6) is 3.42. The molecule has 2 spiro atoms. The highest BCUT2D eigenvalue weighted by Gasteiger charge is 2.84. The number of rotatable bonds is 4.